The molecule has 0 radical (unpaired) electrons. The minimum Gasteiger partial charge on any atom is -0.385 e. The van der Waals surface area contributed by atoms with Crippen LogP contribution in [0.4, 0.5) is 0 Å². The third kappa shape index (κ3) is 5.02. The maximum absolute atomic E-state index is 5.00. The van der Waals surface area contributed by atoms with Gasteiger partial charge < -0.3 is 10.1 Å². The Hall–Kier alpha value is -0.650. The number of aromatic nitrogens is 2. The zero-order valence-corrected chi connectivity index (χ0v) is 11.0. The molecule has 1 aromatic rings. The van der Waals surface area contributed by atoms with Crippen LogP contribution < -0.4 is 5.32 Å². The lowest BCUT2D eigenvalue weighted by Gasteiger charge is -2.03. The fourth-order valence-electron chi connectivity index (χ4n) is 1.43. The Morgan fingerprint density at radius 2 is 2.18 bits per heavy atom. The van der Waals surface area contributed by atoms with E-state index in [2.05, 4.69) is 15.3 Å². The van der Waals surface area contributed by atoms with E-state index in [1.807, 2.05) is 12.4 Å². The van der Waals surface area contributed by atoms with E-state index in [0.29, 0.717) is 0 Å². The van der Waals surface area contributed by atoms with Gasteiger partial charge in [-0.1, -0.05) is 11.8 Å². The number of rotatable bonds is 8. The fraction of sp³-hybridized carbons (Fsp3) is 0.667. The van der Waals surface area contributed by atoms with E-state index in [0.717, 1.165) is 42.1 Å². The number of hydrogen-bond donors (Lipinski definition) is 1. The third-order valence-corrected chi connectivity index (χ3v) is 3.54. The average Bonchev–Trinajstić information content (AvgIpc) is 3.18. The molecule has 5 heteroatoms. The maximum atomic E-state index is 5.00. The number of nitrogens with zero attached hydrogens (tertiary/aromatic N) is 2. The van der Waals surface area contributed by atoms with Crippen LogP contribution in [0, 0.1) is 0 Å². The Morgan fingerprint density at radius 1 is 1.41 bits per heavy atom. The van der Waals surface area contributed by atoms with Crippen molar-refractivity contribution in [3.8, 4) is 0 Å². The summed E-state index contributed by atoms with van der Waals surface area (Å²) in [5.74, 6) is 1.01. The van der Waals surface area contributed by atoms with Crippen LogP contribution in [0.5, 0.6) is 0 Å². The average molecular weight is 253 g/mol. The number of hydrogen-bond acceptors (Lipinski definition) is 5. The minimum atomic E-state index is 0.734. The summed E-state index contributed by atoms with van der Waals surface area (Å²) in [6.07, 6.45) is 7.50. The Kier molecular flexibility index (Phi) is 5.22. The van der Waals surface area contributed by atoms with Gasteiger partial charge >= 0.3 is 0 Å². The standard InChI is InChI=1S/C12H19N3OS/c1-16-5-2-6-17-12-14-8-10(9-15-12)7-13-11-3-4-11/h8-9,11,13H,2-7H2,1H3. The number of methoxy groups -OCH3 is 1. The molecule has 0 aromatic carbocycles. The smallest absolute Gasteiger partial charge is 0.187 e. The van der Waals surface area contributed by atoms with Gasteiger partial charge in [0.05, 0.1) is 0 Å². The molecule has 1 N–H and O–H groups in total. The Labute approximate surface area is 107 Å². The Bertz CT molecular complexity index is 327. The molecule has 1 saturated carbocycles. The summed E-state index contributed by atoms with van der Waals surface area (Å²) in [6.45, 7) is 1.69. The van der Waals surface area contributed by atoms with Crippen LogP contribution in [-0.4, -0.2) is 35.5 Å². The van der Waals surface area contributed by atoms with Crippen LogP contribution in [0.3, 0.4) is 0 Å². The van der Waals surface area contributed by atoms with Gasteiger partial charge in [-0.25, -0.2) is 9.97 Å². The van der Waals surface area contributed by atoms with Gasteiger partial charge in [0.1, 0.15) is 0 Å². The summed E-state index contributed by atoms with van der Waals surface area (Å²) in [5, 5.41) is 4.31. The SMILES string of the molecule is COCCCSc1ncc(CNC2CC2)cn1. The molecule has 1 fully saturated rings. The Morgan fingerprint density at radius 3 is 2.82 bits per heavy atom. The van der Waals surface area contributed by atoms with Crippen molar-refractivity contribution < 1.29 is 4.74 Å². The third-order valence-electron chi connectivity index (χ3n) is 2.58. The first kappa shape index (κ1) is 12.8. The molecule has 17 heavy (non-hydrogen) atoms. The second-order valence-corrected chi connectivity index (χ2v) is 5.29. The summed E-state index contributed by atoms with van der Waals surface area (Å²) in [7, 11) is 1.73. The molecule has 1 heterocycles. The number of ether oxygens (including phenoxy) is 1. The number of nitrogens with one attached hydrogen (secondary N) is 1. The molecule has 1 aliphatic carbocycles. The molecular formula is C12H19N3OS. The topological polar surface area (TPSA) is 47.0 Å². The largest absolute Gasteiger partial charge is 0.385 e. The highest BCUT2D eigenvalue weighted by Crippen LogP contribution is 2.19. The Balaban J connectivity index is 1.68. The van der Waals surface area contributed by atoms with Gasteiger partial charge in [0.2, 0.25) is 0 Å². The van der Waals surface area contributed by atoms with E-state index in [9.17, 15) is 0 Å². The summed E-state index contributed by atoms with van der Waals surface area (Å²) in [6, 6.07) is 0.734. The van der Waals surface area contributed by atoms with Crippen molar-refractivity contribution in [2.45, 2.75) is 37.0 Å². The predicted octanol–water partition coefficient (Wildman–Crippen LogP) is 1.86. The molecule has 0 saturated heterocycles. The van der Waals surface area contributed by atoms with E-state index < -0.39 is 0 Å². The van der Waals surface area contributed by atoms with E-state index in [-0.39, 0.29) is 0 Å². The molecule has 4 nitrogen and oxygen atoms in total. The van der Waals surface area contributed by atoms with Crippen molar-refractivity contribution >= 4 is 11.8 Å². The highest BCUT2D eigenvalue weighted by atomic mass is 32.2. The van der Waals surface area contributed by atoms with Crippen LogP contribution in [0.15, 0.2) is 17.6 Å². The van der Waals surface area contributed by atoms with Crippen LogP contribution in [0.25, 0.3) is 0 Å². The molecule has 0 atom stereocenters. The zero-order valence-electron chi connectivity index (χ0n) is 10.2. The molecule has 1 aromatic heterocycles. The lowest BCUT2D eigenvalue weighted by molar-refractivity contribution is 0.200. The van der Waals surface area contributed by atoms with Gasteiger partial charge in [-0.2, -0.15) is 0 Å². The maximum Gasteiger partial charge on any atom is 0.187 e. The van der Waals surface area contributed by atoms with Gasteiger partial charge in [-0.3, -0.25) is 0 Å². The van der Waals surface area contributed by atoms with Gasteiger partial charge in [0, 0.05) is 50.0 Å². The quantitative estimate of drug-likeness (QED) is 0.435. The molecule has 0 amide bonds. The van der Waals surface area contributed by atoms with E-state index in [1.165, 1.54) is 12.8 Å². The van der Waals surface area contributed by atoms with E-state index in [1.54, 1.807) is 18.9 Å². The summed E-state index contributed by atoms with van der Waals surface area (Å²) in [4.78, 5) is 8.69. The highest BCUT2D eigenvalue weighted by Gasteiger charge is 2.19. The highest BCUT2D eigenvalue weighted by molar-refractivity contribution is 7.99. The summed E-state index contributed by atoms with van der Waals surface area (Å²) in [5.41, 5.74) is 1.16. The van der Waals surface area contributed by atoms with Gasteiger partial charge in [-0.15, -0.1) is 0 Å². The first-order chi connectivity index (χ1) is 8.38. The number of thioether (sulfide) groups is 1. The second kappa shape index (κ2) is 6.93. The van der Waals surface area contributed by atoms with Gasteiger partial charge in [0.25, 0.3) is 0 Å². The van der Waals surface area contributed by atoms with Crippen molar-refractivity contribution in [2.24, 2.45) is 0 Å². The van der Waals surface area contributed by atoms with Crippen molar-refractivity contribution in [1.82, 2.24) is 15.3 Å². The molecule has 0 unspecified atom stereocenters. The van der Waals surface area contributed by atoms with Crippen LogP contribution in [0.2, 0.25) is 0 Å². The molecular weight excluding hydrogens is 234 g/mol. The predicted molar refractivity (Wildman–Crippen MR) is 69.1 cm³/mol. The minimum absolute atomic E-state index is 0.734. The molecule has 94 valence electrons. The molecule has 0 bridgehead atoms. The first-order valence-corrected chi connectivity index (χ1v) is 7.03. The molecule has 2 rings (SSSR count). The molecule has 0 aliphatic heterocycles. The van der Waals surface area contributed by atoms with Gasteiger partial charge in [-0.05, 0) is 19.3 Å². The van der Waals surface area contributed by atoms with Gasteiger partial charge in [0.15, 0.2) is 5.16 Å². The summed E-state index contributed by atoms with van der Waals surface area (Å²) >= 11 is 1.68. The summed E-state index contributed by atoms with van der Waals surface area (Å²) < 4.78 is 5.00. The molecule has 1 aliphatic rings. The van der Waals surface area contributed by atoms with E-state index in [4.69, 9.17) is 4.74 Å². The van der Waals surface area contributed by atoms with Crippen molar-refractivity contribution in [3.63, 3.8) is 0 Å². The van der Waals surface area contributed by atoms with Crippen molar-refractivity contribution in [1.29, 1.82) is 0 Å². The van der Waals surface area contributed by atoms with Crippen LogP contribution in [-0.2, 0) is 11.3 Å². The van der Waals surface area contributed by atoms with E-state index >= 15 is 0 Å². The second-order valence-electron chi connectivity index (χ2n) is 4.22. The zero-order chi connectivity index (χ0) is 11.9. The monoisotopic (exact) mass is 253 g/mol. The van der Waals surface area contributed by atoms with Crippen molar-refractivity contribution in [2.75, 3.05) is 19.5 Å². The lowest BCUT2D eigenvalue weighted by atomic mass is 10.3. The van der Waals surface area contributed by atoms with Crippen LogP contribution >= 0.6 is 11.8 Å². The lowest BCUT2D eigenvalue weighted by Crippen LogP contribution is -2.15. The normalized spacial score (nSPS) is 15.1. The van der Waals surface area contributed by atoms with Crippen LogP contribution in [0.1, 0.15) is 24.8 Å². The van der Waals surface area contributed by atoms with Crippen molar-refractivity contribution in [3.05, 3.63) is 18.0 Å². The first-order valence-electron chi connectivity index (χ1n) is 6.04. The molecule has 0 spiro atoms. The fourth-order valence-corrected chi connectivity index (χ4v) is 2.12.